The second kappa shape index (κ2) is 10.7. The fourth-order valence-corrected chi connectivity index (χ4v) is 8.29. The van der Waals surface area contributed by atoms with Gasteiger partial charge in [0.15, 0.2) is 6.61 Å². The molecule has 2 aromatic rings. The number of rotatable bonds is 7. The largest absolute Gasteiger partial charge is 0.485 e. The number of halogens is 5. The number of hydrogen-bond acceptors (Lipinski definition) is 7. The van der Waals surface area contributed by atoms with Crippen molar-refractivity contribution in [2.24, 2.45) is 4.99 Å². The van der Waals surface area contributed by atoms with Crippen molar-refractivity contribution in [3.8, 4) is 5.75 Å². The zero-order valence-corrected chi connectivity index (χ0v) is 22.9. The molecule has 4 rings (SSSR count). The van der Waals surface area contributed by atoms with E-state index in [1.165, 1.54) is 12.1 Å². The number of hydrogen-bond donors (Lipinski definition) is 5. The lowest BCUT2D eigenvalue weighted by molar-refractivity contribution is -0.148. The molecule has 41 heavy (non-hydrogen) atoms. The second-order valence-corrected chi connectivity index (χ2v) is 13.4. The van der Waals surface area contributed by atoms with Crippen molar-refractivity contribution in [3.63, 3.8) is 0 Å². The van der Waals surface area contributed by atoms with Gasteiger partial charge in [-0.2, -0.15) is 8.78 Å². The number of alkyl halides is 4. The van der Waals surface area contributed by atoms with Gasteiger partial charge in [-0.15, -0.1) is 0 Å². The van der Waals surface area contributed by atoms with Crippen molar-refractivity contribution in [1.29, 1.82) is 0 Å². The third-order valence-corrected chi connectivity index (χ3v) is 11.1. The number of ether oxygens (including phenoxy) is 1. The Hall–Kier alpha value is -3.50. The molecule has 2 aliphatic heterocycles. The van der Waals surface area contributed by atoms with E-state index >= 15 is 4.39 Å². The van der Waals surface area contributed by atoms with Crippen molar-refractivity contribution in [2.45, 2.75) is 55.1 Å². The highest BCUT2D eigenvalue weighted by atomic mass is 32.3. The molecule has 0 radical (unpaired) electrons. The zero-order valence-electron chi connectivity index (χ0n) is 22.1. The van der Waals surface area contributed by atoms with Gasteiger partial charge in [0.25, 0.3) is 5.91 Å². The molecule has 0 aliphatic carbocycles. The first-order chi connectivity index (χ1) is 19.0. The Morgan fingerprint density at radius 2 is 1.93 bits per heavy atom. The maximum absolute atomic E-state index is 15.3. The highest BCUT2D eigenvalue weighted by molar-refractivity contribution is 8.29. The first-order valence-electron chi connectivity index (χ1n) is 12.3. The molecule has 0 saturated carbocycles. The molecule has 2 amide bonds. The fourth-order valence-electron chi connectivity index (χ4n) is 4.89. The van der Waals surface area contributed by atoms with Gasteiger partial charge in [-0.05, 0) is 57.5 Å². The number of aliphatic imine (C=N–C) groups is 1. The highest BCUT2D eigenvalue weighted by Gasteiger charge is 2.61. The second-order valence-electron chi connectivity index (χ2n) is 10.2. The maximum Gasteiger partial charge on any atom is 0.410 e. The molecule has 2 aliphatic rings. The normalized spacial score (nSPS) is 26.9. The van der Waals surface area contributed by atoms with Gasteiger partial charge in [0, 0.05) is 17.8 Å². The van der Waals surface area contributed by atoms with Gasteiger partial charge in [0.05, 0.1) is 16.2 Å². The smallest absolute Gasteiger partial charge is 0.410 e. The van der Waals surface area contributed by atoms with Crippen molar-refractivity contribution in [3.05, 3.63) is 53.6 Å². The van der Waals surface area contributed by atoms with Gasteiger partial charge in [-0.25, -0.2) is 22.9 Å². The van der Waals surface area contributed by atoms with Gasteiger partial charge in [0.1, 0.15) is 28.6 Å². The van der Waals surface area contributed by atoms with E-state index in [1.807, 2.05) is 0 Å². The number of amidine groups is 1. The van der Waals surface area contributed by atoms with Crippen molar-refractivity contribution < 1.29 is 45.9 Å². The van der Waals surface area contributed by atoms with Crippen molar-refractivity contribution >= 4 is 34.0 Å². The summed E-state index contributed by atoms with van der Waals surface area (Å²) in [5.41, 5.74) is -1.47. The Balaban J connectivity index is 1.60. The van der Waals surface area contributed by atoms with Crippen LogP contribution >= 0.6 is 10.5 Å². The first-order valence-corrected chi connectivity index (χ1v) is 13.9. The highest BCUT2D eigenvalue weighted by Crippen LogP contribution is 2.67. The number of amides is 2. The van der Waals surface area contributed by atoms with Crippen LogP contribution in [0.2, 0.25) is 0 Å². The molecule has 1 unspecified atom stereocenters. The lowest BCUT2D eigenvalue weighted by atomic mass is 9.85. The molecule has 10 nitrogen and oxygen atoms in total. The number of carbonyl (C=O) groups is 2. The molecule has 1 saturated heterocycles. The molecule has 1 fully saturated rings. The molecule has 3 atom stereocenters. The Morgan fingerprint density at radius 1 is 1.22 bits per heavy atom. The Morgan fingerprint density at radius 3 is 2.54 bits per heavy atom. The summed E-state index contributed by atoms with van der Waals surface area (Å²) >= 11 is 0. The van der Waals surface area contributed by atoms with E-state index in [0.29, 0.717) is 13.0 Å². The van der Waals surface area contributed by atoms with E-state index in [2.05, 4.69) is 30.1 Å². The standard InChI is InChI=1S/C25H28F5N5O5S/c1-23(2)21(34-22(37)38)35-24(3,18-8-9-32-41(18,23)39)15-10-13(4-6-16(15)26)33-19(36)17-7-5-14(11-31-17)40-12-25(29,30)20(27)28/h4-7,10-11,18,20,32,39H,8-9,12H2,1-3H3,(H,33,36)(H,34,35)(H,37,38)/t18-,24+/m0/s1. The molecular weight excluding hydrogens is 577 g/mol. The molecule has 0 bridgehead atoms. The lowest BCUT2D eigenvalue weighted by Gasteiger charge is -2.56. The summed E-state index contributed by atoms with van der Waals surface area (Å²) in [6.07, 6.45) is -3.96. The van der Waals surface area contributed by atoms with E-state index in [-0.39, 0.29) is 28.5 Å². The van der Waals surface area contributed by atoms with Crippen molar-refractivity contribution in [2.75, 3.05) is 18.5 Å². The summed E-state index contributed by atoms with van der Waals surface area (Å²) in [6.45, 7) is 3.72. The average molecular weight is 606 g/mol. The first kappa shape index (κ1) is 30.5. The summed E-state index contributed by atoms with van der Waals surface area (Å²) in [5, 5.41) is 13.6. The SMILES string of the molecule is CC1(C)C(NC(=O)O)=N[C@](C)(c2cc(NC(=O)c3ccc(OCC(F)(F)C(F)F)cn3)ccc2F)[C@@H]2CCNS21O. The van der Waals surface area contributed by atoms with E-state index < -0.39 is 62.8 Å². The van der Waals surface area contributed by atoms with Crippen LogP contribution in [0.5, 0.6) is 5.75 Å². The van der Waals surface area contributed by atoms with Crippen LogP contribution in [0.25, 0.3) is 0 Å². The van der Waals surface area contributed by atoms with E-state index in [0.717, 1.165) is 24.4 Å². The van der Waals surface area contributed by atoms with Gasteiger partial charge in [0.2, 0.25) is 0 Å². The number of carboxylic acid groups (broad SMARTS) is 1. The number of nitrogens with one attached hydrogen (secondary N) is 3. The fraction of sp³-hybridized carbons (Fsp3) is 0.440. The summed E-state index contributed by atoms with van der Waals surface area (Å²) in [5.74, 6) is -6.12. The van der Waals surface area contributed by atoms with Gasteiger partial charge < -0.3 is 19.7 Å². The maximum atomic E-state index is 15.3. The monoisotopic (exact) mass is 605 g/mol. The number of pyridine rings is 1. The number of carbonyl (C=O) groups excluding carboxylic acids is 1. The molecule has 1 aromatic carbocycles. The topological polar surface area (TPSA) is 145 Å². The quantitative estimate of drug-likeness (QED) is 0.280. The number of benzene rings is 1. The summed E-state index contributed by atoms with van der Waals surface area (Å²) in [7, 11) is -2.76. The van der Waals surface area contributed by atoms with Crippen LogP contribution in [0.15, 0.2) is 41.5 Å². The Labute approximate surface area is 233 Å². The molecule has 16 heteroatoms. The van der Waals surface area contributed by atoms with E-state index in [9.17, 15) is 36.8 Å². The molecule has 3 heterocycles. The Bertz CT molecular complexity index is 1380. The molecule has 0 spiro atoms. The minimum Gasteiger partial charge on any atom is -0.485 e. The van der Waals surface area contributed by atoms with Gasteiger partial charge in [-0.3, -0.25) is 19.8 Å². The summed E-state index contributed by atoms with van der Waals surface area (Å²) < 4.78 is 84.5. The van der Waals surface area contributed by atoms with Crippen LogP contribution in [0.4, 0.5) is 32.4 Å². The molecule has 1 aromatic heterocycles. The zero-order chi connectivity index (χ0) is 30.4. The van der Waals surface area contributed by atoms with Crippen LogP contribution in [-0.2, 0) is 5.54 Å². The third-order valence-electron chi connectivity index (χ3n) is 7.17. The van der Waals surface area contributed by atoms with Gasteiger partial charge >= 0.3 is 18.4 Å². The van der Waals surface area contributed by atoms with Crippen LogP contribution in [-0.4, -0.2) is 68.0 Å². The number of anilines is 1. The summed E-state index contributed by atoms with van der Waals surface area (Å²) in [4.78, 5) is 32.7. The van der Waals surface area contributed by atoms with E-state index in [4.69, 9.17) is 0 Å². The minimum atomic E-state index is -4.36. The molecular formula is C25H28F5N5O5S. The predicted octanol–water partition coefficient (Wildman–Crippen LogP) is 4.98. The van der Waals surface area contributed by atoms with Gasteiger partial charge in [-0.1, -0.05) is 10.5 Å². The average Bonchev–Trinajstić information content (AvgIpc) is 3.32. The van der Waals surface area contributed by atoms with Crippen molar-refractivity contribution in [1.82, 2.24) is 15.0 Å². The van der Waals surface area contributed by atoms with Crippen LogP contribution in [0.3, 0.4) is 0 Å². The number of fused-ring (bicyclic) bond motifs is 1. The minimum absolute atomic E-state index is 0.00628. The molecule has 224 valence electrons. The van der Waals surface area contributed by atoms with Crippen LogP contribution in [0.1, 0.15) is 43.2 Å². The number of aromatic nitrogens is 1. The number of nitrogens with zero attached hydrogens (tertiary/aromatic N) is 2. The Kier molecular flexibility index (Phi) is 7.97. The predicted molar refractivity (Wildman–Crippen MR) is 142 cm³/mol. The summed E-state index contributed by atoms with van der Waals surface area (Å²) in [6, 6.07) is 5.94. The van der Waals surface area contributed by atoms with E-state index in [1.54, 1.807) is 20.8 Å². The lowest BCUT2D eigenvalue weighted by Crippen LogP contribution is -2.59. The molecule has 5 N–H and O–H groups in total. The van der Waals surface area contributed by atoms with Crippen LogP contribution < -0.4 is 20.1 Å². The third kappa shape index (κ3) is 5.55. The van der Waals surface area contributed by atoms with Crippen LogP contribution in [0, 0.1) is 5.82 Å².